The molecular weight excluding hydrogens is 352 g/mol. The van der Waals surface area contributed by atoms with Crippen LogP contribution in [0.1, 0.15) is 37.7 Å². The molecule has 148 valence electrons. The van der Waals surface area contributed by atoms with E-state index in [9.17, 15) is 4.79 Å². The highest BCUT2D eigenvalue weighted by molar-refractivity contribution is 5.79. The molecule has 7 nitrogen and oxygen atoms in total. The Bertz CT molecular complexity index is 816. The number of carbonyl (C=O) groups is 1. The van der Waals surface area contributed by atoms with Gasteiger partial charge >= 0.3 is 0 Å². The number of hydrogen-bond acceptors (Lipinski definition) is 5. The molecule has 0 N–H and O–H groups in total. The van der Waals surface area contributed by atoms with Crippen molar-refractivity contribution in [3.8, 4) is 5.69 Å². The molecule has 28 heavy (non-hydrogen) atoms. The summed E-state index contributed by atoms with van der Waals surface area (Å²) in [6, 6.07) is 7.92. The topological polar surface area (TPSA) is 67.2 Å². The Morgan fingerprint density at radius 3 is 2.71 bits per heavy atom. The maximum absolute atomic E-state index is 12.9. The maximum atomic E-state index is 12.9. The molecule has 1 spiro atoms. The Hall–Kier alpha value is -2.28. The Labute approximate surface area is 165 Å². The van der Waals surface area contributed by atoms with Crippen LogP contribution < -0.4 is 0 Å². The maximum Gasteiger partial charge on any atom is 0.227 e. The standard InChI is InChI=1S/C21H28N6O/c28-20(12-17-4-6-19(7-5-17)27-16-22-23-24-27)26-11-9-21(15-26)8-1-10-25(14-21)13-18-2-3-18/h4-7,16,18H,1-3,8-15H2. The number of carbonyl (C=O) groups excluding carboxylic acids is 1. The normalized spacial score (nSPS) is 25.5. The Kier molecular flexibility index (Phi) is 4.62. The van der Waals surface area contributed by atoms with Gasteiger partial charge in [0.2, 0.25) is 5.91 Å². The lowest BCUT2D eigenvalue weighted by molar-refractivity contribution is -0.130. The van der Waals surface area contributed by atoms with Crippen LogP contribution in [0.5, 0.6) is 0 Å². The number of hydrogen-bond donors (Lipinski definition) is 0. The van der Waals surface area contributed by atoms with Crippen LogP contribution in [0.15, 0.2) is 30.6 Å². The Morgan fingerprint density at radius 2 is 1.96 bits per heavy atom. The first-order chi connectivity index (χ1) is 13.7. The van der Waals surface area contributed by atoms with Crippen molar-refractivity contribution in [2.45, 2.75) is 38.5 Å². The van der Waals surface area contributed by atoms with Gasteiger partial charge in [-0.15, -0.1) is 5.10 Å². The first-order valence-electron chi connectivity index (χ1n) is 10.5. The van der Waals surface area contributed by atoms with E-state index in [1.54, 1.807) is 11.0 Å². The van der Waals surface area contributed by atoms with Crippen LogP contribution in [0.4, 0.5) is 0 Å². The molecule has 1 aliphatic carbocycles. The van der Waals surface area contributed by atoms with Gasteiger partial charge in [0, 0.05) is 31.6 Å². The summed E-state index contributed by atoms with van der Waals surface area (Å²) in [4.78, 5) is 17.7. The number of benzene rings is 1. The van der Waals surface area contributed by atoms with Crippen molar-refractivity contribution in [2.75, 3.05) is 32.7 Å². The Morgan fingerprint density at radius 1 is 1.11 bits per heavy atom. The lowest BCUT2D eigenvalue weighted by Gasteiger charge is -2.40. The van der Waals surface area contributed by atoms with Gasteiger partial charge in [0.15, 0.2) is 0 Å². The van der Waals surface area contributed by atoms with E-state index >= 15 is 0 Å². The summed E-state index contributed by atoms with van der Waals surface area (Å²) < 4.78 is 1.62. The van der Waals surface area contributed by atoms with Gasteiger partial charge in [-0.2, -0.15) is 0 Å². The van der Waals surface area contributed by atoms with Crippen LogP contribution in [0.2, 0.25) is 0 Å². The molecule has 5 rings (SSSR count). The number of rotatable bonds is 5. The second-order valence-electron chi connectivity index (χ2n) is 8.94. The molecule has 7 heteroatoms. The summed E-state index contributed by atoms with van der Waals surface area (Å²) in [6.45, 7) is 5.58. The summed E-state index contributed by atoms with van der Waals surface area (Å²) in [5.41, 5.74) is 2.29. The smallest absolute Gasteiger partial charge is 0.227 e. The lowest BCUT2D eigenvalue weighted by atomic mass is 9.79. The molecule has 0 bridgehead atoms. The molecule has 1 aromatic heterocycles. The third kappa shape index (κ3) is 3.81. The largest absolute Gasteiger partial charge is 0.342 e. The van der Waals surface area contributed by atoms with E-state index in [1.807, 2.05) is 24.3 Å². The van der Waals surface area contributed by atoms with E-state index in [2.05, 4.69) is 25.3 Å². The van der Waals surface area contributed by atoms with Crippen LogP contribution in [-0.2, 0) is 11.2 Å². The van der Waals surface area contributed by atoms with E-state index in [0.717, 1.165) is 36.7 Å². The molecule has 2 aromatic rings. The van der Waals surface area contributed by atoms with Gasteiger partial charge in [0.05, 0.1) is 12.1 Å². The fraction of sp³-hybridized carbons (Fsp3) is 0.619. The van der Waals surface area contributed by atoms with Crippen molar-refractivity contribution in [3.05, 3.63) is 36.2 Å². The van der Waals surface area contributed by atoms with Crippen molar-refractivity contribution in [2.24, 2.45) is 11.3 Å². The molecule has 2 aliphatic heterocycles. The van der Waals surface area contributed by atoms with Crippen LogP contribution in [0, 0.1) is 11.3 Å². The SMILES string of the molecule is O=C(Cc1ccc(-n2cnnn2)cc1)N1CCC2(CCCN(CC3CC3)C2)C1. The molecule has 1 atom stereocenters. The number of amides is 1. The third-order valence-corrected chi connectivity index (χ3v) is 6.65. The summed E-state index contributed by atoms with van der Waals surface area (Å²) in [5.74, 6) is 1.21. The second-order valence-corrected chi connectivity index (χ2v) is 8.94. The minimum Gasteiger partial charge on any atom is -0.342 e. The number of nitrogens with zero attached hydrogens (tertiary/aromatic N) is 6. The first-order valence-corrected chi connectivity index (χ1v) is 10.5. The zero-order valence-corrected chi connectivity index (χ0v) is 16.3. The molecule has 3 aliphatic rings. The number of tetrazole rings is 1. The summed E-state index contributed by atoms with van der Waals surface area (Å²) in [6.07, 6.45) is 8.60. The summed E-state index contributed by atoms with van der Waals surface area (Å²) >= 11 is 0. The summed E-state index contributed by atoms with van der Waals surface area (Å²) in [5, 5.41) is 11.2. The summed E-state index contributed by atoms with van der Waals surface area (Å²) in [7, 11) is 0. The fourth-order valence-electron chi connectivity index (χ4n) is 4.95. The van der Waals surface area contributed by atoms with Gasteiger partial charge in [-0.25, -0.2) is 4.68 Å². The molecule has 1 aromatic carbocycles. The van der Waals surface area contributed by atoms with E-state index in [1.165, 1.54) is 45.3 Å². The number of aromatic nitrogens is 4. The van der Waals surface area contributed by atoms with Crippen molar-refractivity contribution in [1.29, 1.82) is 0 Å². The second kappa shape index (κ2) is 7.28. The third-order valence-electron chi connectivity index (χ3n) is 6.65. The predicted octanol–water partition coefficient (Wildman–Crippen LogP) is 1.93. The molecular formula is C21H28N6O. The quantitative estimate of drug-likeness (QED) is 0.793. The zero-order valence-electron chi connectivity index (χ0n) is 16.3. The van der Waals surface area contributed by atoms with Crippen molar-refractivity contribution >= 4 is 5.91 Å². The lowest BCUT2D eigenvalue weighted by Crippen LogP contribution is -2.46. The first kappa shape index (κ1) is 17.8. The highest BCUT2D eigenvalue weighted by Crippen LogP contribution is 2.40. The van der Waals surface area contributed by atoms with Crippen molar-refractivity contribution in [1.82, 2.24) is 30.0 Å². The van der Waals surface area contributed by atoms with Gasteiger partial charge in [0.25, 0.3) is 0 Å². The van der Waals surface area contributed by atoms with Gasteiger partial charge in [-0.3, -0.25) is 4.79 Å². The zero-order chi connectivity index (χ0) is 19.0. The minimum absolute atomic E-state index is 0.256. The van der Waals surface area contributed by atoms with Gasteiger partial charge in [-0.05, 0) is 72.7 Å². The van der Waals surface area contributed by atoms with Crippen LogP contribution in [0.25, 0.3) is 5.69 Å². The van der Waals surface area contributed by atoms with E-state index < -0.39 is 0 Å². The van der Waals surface area contributed by atoms with Crippen LogP contribution >= 0.6 is 0 Å². The van der Waals surface area contributed by atoms with Crippen molar-refractivity contribution in [3.63, 3.8) is 0 Å². The molecule has 1 unspecified atom stereocenters. The average molecular weight is 380 g/mol. The van der Waals surface area contributed by atoms with Crippen LogP contribution in [-0.4, -0.2) is 68.6 Å². The molecule has 1 amide bonds. The molecule has 3 fully saturated rings. The predicted molar refractivity (Wildman–Crippen MR) is 105 cm³/mol. The van der Waals surface area contributed by atoms with Gasteiger partial charge in [0.1, 0.15) is 6.33 Å². The minimum atomic E-state index is 0.256. The van der Waals surface area contributed by atoms with Gasteiger partial charge < -0.3 is 9.80 Å². The monoisotopic (exact) mass is 380 g/mol. The fourth-order valence-corrected chi connectivity index (χ4v) is 4.95. The highest BCUT2D eigenvalue weighted by atomic mass is 16.2. The molecule has 0 radical (unpaired) electrons. The Balaban J connectivity index is 1.18. The highest BCUT2D eigenvalue weighted by Gasteiger charge is 2.43. The van der Waals surface area contributed by atoms with E-state index in [0.29, 0.717) is 11.8 Å². The van der Waals surface area contributed by atoms with Crippen LogP contribution in [0.3, 0.4) is 0 Å². The van der Waals surface area contributed by atoms with E-state index in [-0.39, 0.29) is 5.91 Å². The number of likely N-dealkylation sites (tertiary alicyclic amines) is 2. The average Bonchev–Trinajstić information content (AvgIpc) is 3.18. The molecule has 3 heterocycles. The van der Waals surface area contributed by atoms with E-state index in [4.69, 9.17) is 0 Å². The van der Waals surface area contributed by atoms with Crippen molar-refractivity contribution < 1.29 is 4.79 Å². The van der Waals surface area contributed by atoms with Gasteiger partial charge in [-0.1, -0.05) is 12.1 Å². The molecule has 2 saturated heterocycles. The number of piperidine rings is 1. The molecule has 1 saturated carbocycles.